The highest BCUT2D eigenvalue weighted by Gasteiger charge is 2.06. The lowest BCUT2D eigenvalue weighted by atomic mass is 10.1. The van der Waals surface area contributed by atoms with Crippen molar-refractivity contribution in [3.8, 4) is 11.5 Å². The first-order valence-electron chi connectivity index (χ1n) is 5.15. The fourth-order valence-electron chi connectivity index (χ4n) is 1.35. The molecule has 0 heterocycles. The molecule has 0 atom stereocenters. The van der Waals surface area contributed by atoms with E-state index < -0.39 is 0 Å². The van der Waals surface area contributed by atoms with Crippen molar-refractivity contribution in [1.29, 1.82) is 0 Å². The summed E-state index contributed by atoms with van der Waals surface area (Å²) in [6.07, 6.45) is 0.717. The third-order valence-corrected chi connectivity index (χ3v) is 2.76. The highest BCUT2D eigenvalue weighted by molar-refractivity contribution is 6.36. The number of rotatable bonds is 6. The van der Waals surface area contributed by atoms with Gasteiger partial charge in [-0.3, -0.25) is 0 Å². The summed E-state index contributed by atoms with van der Waals surface area (Å²) in [4.78, 5) is 0. The molecule has 0 spiro atoms. The Kier molecular flexibility index (Phi) is 6.19. The van der Waals surface area contributed by atoms with Crippen LogP contribution >= 0.6 is 23.2 Å². The van der Waals surface area contributed by atoms with E-state index in [1.807, 2.05) is 18.2 Å². The lowest BCUT2D eigenvalue weighted by molar-refractivity contribution is 0.353. The molecule has 0 amide bonds. The van der Waals surface area contributed by atoms with Gasteiger partial charge in [0.05, 0.1) is 12.1 Å². The van der Waals surface area contributed by atoms with Crippen molar-refractivity contribution in [1.82, 2.24) is 0 Å². The minimum Gasteiger partial charge on any atom is -0.497 e. The van der Waals surface area contributed by atoms with Gasteiger partial charge in [0, 0.05) is 5.54 Å². The molecule has 0 aliphatic carbocycles. The van der Waals surface area contributed by atoms with E-state index in [1.54, 1.807) is 7.11 Å². The Bertz CT molecular complexity index is 394. The molecule has 3 nitrogen and oxygen atoms in total. The van der Waals surface area contributed by atoms with E-state index in [0.29, 0.717) is 11.6 Å². The van der Waals surface area contributed by atoms with Gasteiger partial charge < -0.3 is 15.2 Å². The quantitative estimate of drug-likeness (QED) is 0.868. The molecule has 2 N–H and O–H groups in total. The van der Waals surface area contributed by atoms with Crippen LogP contribution in [0.3, 0.4) is 0 Å². The Balaban J connectivity index is 2.82. The number of halogens is 2. The van der Waals surface area contributed by atoms with Crippen LogP contribution in [0.15, 0.2) is 28.8 Å². The monoisotopic (exact) mass is 275 g/mol. The number of nitrogens with two attached hydrogens (primary N) is 1. The SMILES string of the molecule is COc1ccc(OCC(Cl)=CCl)c(CCN)c1. The van der Waals surface area contributed by atoms with Crippen molar-refractivity contribution in [2.45, 2.75) is 6.42 Å². The van der Waals surface area contributed by atoms with Crippen molar-refractivity contribution in [2.75, 3.05) is 20.3 Å². The van der Waals surface area contributed by atoms with Gasteiger partial charge in [0.25, 0.3) is 0 Å². The summed E-state index contributed by atoms with van der Waals surface area (Å²) >= 11 is 11.2. The average molecular weight is 276 g/mol. The van der Waals surface area contributed by atoms with Crippen LogP contribution in [-0.4, -0.2) is 20.3 Å². The van der Waals surface area contributed by atoms with Crippen LogP contribution < -0.4 is 15.2 Å². The summed E-state index contributed by atoms with van der Waals surface area (Å²) in [7, 11) is 1.62. The number of methoxy groups -OCH3 is 1. The van der Waals surface area contributed by atoms with Gasteiger partial charge >= 0.3 is 0 Å². The van der Waals surface area contributed by atoms with Crippen LogP contribution in [0.25, 0.3) is 0 Å². The molecule has 94 valence electrons. The average Bonchev–Trinajstić information content (AvgIpc) is 2.37. The van der Waals surface area contributed by atoms with Gasteiger partial charge in [0.15, 0.2) is 0 Å². The molecule has 0 unspecified atom stereocenters. The second-order valence-corrected chi connectivity index (χ2v) is 4.06. The summed E-state index contributed by atoms with van der Waals surface area (Å²) < 4.78 is 10.7. The zero-order chi connectivity index (χ0) is 12.7. The first kappa shape index (κ1) is 14.2. The largest absolute Gasteiger partial charge is 0.497 e. The molecule has 1 rings (SSSR count). The van der Waals surface area contributed by atoms with Gasteiger partial charge in [-0.05, 0) is 36.7 Å². The first-order valence-corrected chi connectivity index (χ1v) is 5.97. The van der Waals surface area contributed by atoms with Crippen molar-refractivity contribution < 1.29 is 9.47 Å². The number of hydrogen-bond acceptors (Lipinski definition) is 3. The predicted molar refractivity (Wildman–Crippen MR) is 71.0 cm³/mol. The third kappa shape index (κ3) is 4.46. The van der Waals surface area contributed by atoms with Gasteiger partial charge in [-0.15, -0.1) is 0 Å². The second kappa shape index (κ2) is 7.43. The lowest BCUT2D eigenvalue weighted by Crippen LogP contribution is -2.06. The van der Waals surface area contributed by atoms with Crippen LogP contribution in [0, 0.1) is 0 Å². The van der Waals surface area contributed by atoms with Crippen LogP contribution in [0.4, 0.5) is 0 Å². The Hall–Kier alpha value is -0.900. The summed E-state index contributed by atoms with van der Waals surface area (Å²) in [5.41, 5.74) is 7.83. The van der Waals surface area contributed by atoms with Crippen LogP contribution in [0.1, 0.15) is 5.56 Å². The molecule has 1 aromatic rings. The van der Waals surface area contributed by atoms with E-state index in [2.05, 4.69) is 0 Å². The predicted octanol–water partition coefficient (Wildman–Crippen LogP) is 2.89. The molecule has 0 aromatic heterocycles. The molecule has 0 aliphatic heterocycles. The molecule has 17 heavy (non-hydrogen) atoms. The standard InChI is InChI=1S/C12H15Cl2NO2/c1-16-11-2-3-12(9(6-11)4-5-15)17-8-10(14)7-13/h2-3,6-7H,4-5,8,15H2,1H3. The number of ether oxygens (including phenoxy) is 2. The fourth-order valence-corrected chi connectivity index (χ4v) is 1.47. The third-order valence-electron chi connectivity index (χ3n) is 2.17. The zero-order valence-electron chi connectivity index (χ0n) is 9.58. The van der Waals surface area contributed by atoms with Gasteiger partial charge in [0.2, 0.25) is 0 Å². The number of benzene rings is 1. The maximum atomic E-state index is 5.76. The minimum atomic E-state index is 0.245. The van der Waals surface area contributed by atoms with E-state index in [0.717, 1.165) is 23.5 Å². The van der Waals surface area contributed by atoms with Gasteiger partial charge in [-0.1, -0.05) is 23.2 Å². The first-order chi connectivity index (χ1) is 8.21. The van der Waals surface area contributed by atoms with Crippen molar-refractivity contribution >= 4 is 23.2 Å². The molecule has 0 saturated heterocycles. The fraction of sp³-hybridized carbons (Fsp3) is 0.333. The summed E-state index contributed by atoms with van der Waals surface area (Å²) in [6.45, 7) is 0.789. The van der Waals surface area contributed by atoms with Crippen molar-refractivity contribution in [3.05, 3.63) is 34.3 Å². The maximum absolute atomic E-state index is 5.76. The normalized spacial score (nSPS) is 11.4. The van der Waals surface area contributed by atoms with Crippen LogP contribution in [0.2, 0.25) is 0 Å². The summed E-state index contributed by atoms with van der Waals surface area (Å²) in [6, 6.07) is 5.57. The van der Waals surface area contributed by atoms with Gasteiger partial charge in [-0.2, -0.15) is 0 Å². The van der Waals surface area contributed by atoms with Crippen molar-refractivity contribution in [2.24, 2.45) is 5.73 Å². The smallest absolute Gasteiger partial charge is 0.125 e. The van der Waals surface area contributed by atoms with Crippen LogP contribution in [0.5, 0.6) is 11.5 Å². The zero-order valence-corrected chi connectivity index (χ0v) is 11.1. The Morgan fingerprint density at radius 2 is 2.24 bits per heavy atom. The summed E-state index contributed by atoms with van der Waals surface area (Å²) in [5, 5.41) is 0.446. The molecular weight excluding hydrogens is 261 g/mol. The molecule has 0 aliphatic rings. The minimum absolute atomic E-state index is 0.245. The van der Waals surface area contributed by atoms with Crippen LogP contribution in [-0.2, 0) is 6.42 Å². The van der Waals surface area contributed by atoms with Crippen molar-refractivity contribution in [3.63, 3.8) is 0 Å². The Morgan fingerprint density at radius 1 is 1.47 bits per heavy atom. The van der Waals surface area contributed by atoms with E-state index in [9.17, 15) is 0 Å². The molecular formula is C12H15Cl2NO2. The molecule has 0 bridgehead atoms. The summed E-state index contributed by atoms with van der Waals surface area (Å²) in [5.74, 6) is 1.52. The molecule has 0 radical (unpaired) electrons. The van der Waals surface area contributed by atoms with Gasteiger partial charge in [0.1, 0.15) is 18.1 Å². The highest BCUT2D eigenvalue weighted by Crippen LogP contribution is 2.25. The maximum Gasteiger partial charge on any atom is 0.125 e. The molecule has 5 heteroatoms. The van der Waals surface area contributed by atoms with E-state index in [-0.39, 0.29) is 6.61 Å². The number of hydrogen-bond donors (Lipinski definition) is 1. The highest BCUT2D eigenvalue weighted by atomic mass is 35.5. The Labute approximate surface area is 111 Å². The van der Waals surface area contributed by atoms with E-state index >= 15 is 0 Å². The molecule has 0 saturated carbocycles. The van der Waals surface area contributed by atoms with Gasteiger partial charge in [-0.25, -0.2) is 0 Å². The molecule has 0 fully saturated rings. The van der Waals surface area contributed by atoms with E-state index in [1.165, 1.54) is 5.54 Å². The van der Waals surface area contributed by atoms with E-state index in [4.69, 9.17) is 38.4 Å². The Morgan fingerprint density at radius 3 is 2.82 bits per heavy atom. The lowest BCUT2D eigenvalue weighted by Gasteiger charge is -2.12. The topological polar surface area (TPSA) is 44.5 Å². The molecule has 1 aromatic carbocycles. The second-order valence-electron chi connectivity index (χ2n) is 3.36.